The van der Waals surface area contributed by atoms with E-state index in [-0.39, 0.29) is 5.97 Å². The second-order valence-corrected chi connectivity index (χ2v) is 4.59. The third-order valence-corrected chi connectivity index (χ3v) is 3.27. The van der Waals surface area contributed by atoms with Crippen molar-refractivity contribution in [1.29, 1.82) is 0 Å². The summed E-state index contributed by atoms with van der Waals surface area (Å²) in [6, 6.07) is 5.29. The van der Waals surface area contributed by atoms with Crippen LogP contribution in [0.5, 0.6) is 0 Å². The number of ether oxygens (including phenoxy) is 1. The Bertz CT molecular complexity index is 415. The molecule has 0 aliphatic rings. The molecule has 0 bridgehead atoms. The average Bonchev–Trinajstić information content (AvgIpc) is 2.41. The van der Waals surface area contributed by atoms with Gasteiger partial charge in [-0.2, -0.15) is 0 Å². The summed E-state index contributed by atoms with van der Waals surface area (Å²) in [6.45, 7) is 7.35. The number of hydrogen-bond donors (Lipinski definition) is 2. The van der Waals surface area contributed by atoms with Crippen molar-refractivity contribution in [3.8, 4) is 0 Å². The summed E-state index contributed by atoms with van der Waals surface area (Å²) in [5.41, 5.74) is 7.60. The molecule has 0 heterocycles. The fourth-order valence-electron chi connectivity index (χ4n) is 1.93. The average molecular weight is 264 g/mol. The molecule has 4 nitrogen and oxygen atoms in total. The first-order chi connectivity index (χ1) is 9.12. The first-order valence-corrected chi connectivity index (χ1v) is 6.92. The lowest BCUT2D eigenvalue weighted by Gasteiger charge is -2.16. The van der Waals surface area contributed by atoms with Crippen molar-refractivity contribution in [1.82, 2.24) is 0 Å². The molecule has 19 heavy (non-hydrogen) atoms. The molecule has 0 saturated carbocycles. The highest BCUT2D eigenvalue weighted by Crippen LogP contribution is 2.21. The zero-order valence-electron chi connectivity index (χ0n) is 12.0. The molecule has 0 aliphatic carbocycles. The van der Waals surface area contributed by atoms with E-state index < -0.39 is 0 Å². The molecule has 0 unspecified atom stereocenters. The minimum atomic E-state index is -0.332. The lowest BCUT2D eigenvalue weighted by molar-refractivity contribution is 0.0527. The third kappa shape index (κ3) is 4.47. The lowest BCUT2D eigenvalue weighted by Crippen LogP contribution is -2.16. The summed E-state index contributed by atoms with van der Waals surface area (Å²) in [6.07, 6.45) is 2.24. The Hall–Kier alpha value is -1.71. The molecule has 1 aromatic rings. The van der Waals surface area contributed by atoms with Crippen LogP contribution in [0.3, 0.4) is 0 Å². The van der Waals surface area contributed by atoms with Gasteiger partial charge in [0.25, 0.3) is 0 Å². The summed E-state index contributed by atoms with van der Waals surface area (Å²) in [5.74, 6) is 0.273. The SMILES string of the molecule is CCOC(=O)c1cc(N)ccc1NCC(CC)CC. The molecule has 0 radical (unpaired) electrons. The number of anilines is 2. The number of nitrogen functional groups attached to an aromatic ring is 1. The van der Waals surface area contributed by atoms with Crippen molar-refractivity contribution in [2.45, 2.75) is 33.6 Å². The van der Waals surface area contributed by atoms with Crippen molar-refractivity contribution < 1.29 is 9.53 Å². The van der Waals surface area contributed by atoms with Crippen LogP contribution in [0.1, 0.15) is 44.0 Å². The zero-order chi connectivity index (χ0) is 14.3. The van der Waals surface area contributed by atoms with Crippen molar-refractivity contribution in [2.75, 3.05) is 24.2 Å². The van der Waals surface area contributed by atoms with Crippen LogP contribution in [0.25, 0.3) is 0 Å². The monoisotopic (exact) mass is 264 g/mol. The first kappa shape index (κ1) is 15.3. The molecule has 0 spiro atoms. The van der Waals surface area contributed by atoms with E-state index in [2.05, 4.69) is 19.2 Å². The van der Waals surface area contributed by atoms with Crippen LogP contribution in [0.2, 0.25) is 0 Å². The number of carbonyl (C=O) groups excluding carboxylic acids is 1. The molecule has 0 amide bonds. The van der Waals surface area contributed by atoms with Gasteiger partial charge in [0.15, 0.2) is 0 Å². The summed E-state index contributed by atoms with van der Waals surface area (Å²) in [5, 5.41) is 3.33. The maximum Gasteiger partial charge on any atom is 0.340 e. The van der Waals surface area contributed by atoms with E-state index in [1.807, 2.05) is 6.07 Å². The second-order valence-electron chi connectivity index (χ2n) is 4.59. The van der Waals surface area contributed by atoms with Gasteiger partial charge in [0.2, 0.25) is 0 Å². The molecule has 0 aliphatic heterocycles. The number of carbonyl (C=O) groups is 1. The van der Waals surface area contributed by atoms with E-state index in [0.717, 1.165) is 25.1 Å². The number of nitrogens with one attached hydrogen (secondary N) is 1. The largest absolute Gasteiger partial charge is 0.462 e. The van der Waals surface area contributed by atoms with Gasteiger partial charge < -0.3 is 15.8 Å². The Kier molecular flexibility index (Phi) is 6.19. The molecular formula is C15H24N2O2. The predicted molar refractivity (Wildman–Crippen MR) is 79.4 cm³/mol. The second kappa shape index (κ2) is 7.67. The topological polar surface area (TPSA) is 64.3 Å². The molecule has 4 heteroatoms. The highest BCUT2D eigenvalue weighted by atomic mass is 16.5. The van der Waals surface area contributed by atoms with Crippen LogP contribution in [0.4, 0.5) is 11.4 Å². The smallest absolute Gasteiger partial charge is 0.340 e. The van der Waals surface area contributed by atoms with Crippen LogP contribution in [-0.4, -0.2) is 19.1 Å². The van der Waals surface area contributed by atoms with E-state index in [1.54, 1.807) is 19.1 Å². The number of esters is 1. The lowest BCUT2D eigenvalue weighted by atomic mass is 10.0. The third-order valence-electron chi connectivity index (χ3n) is 3.27. The quantitative estimate of drug-likeness (QED) is 0.586. The summed E-state index contributed by atoms with van der Waals surface area (Å²) in [7, 11) is 0. The van der Waals surface area contributed by atoms with Crippen LogP contribution < -0.4 is 11.1 Å². The molecule has 3 N–H and O–H groups in total. The Morgan fingerprint density at radius 2 is 2.00 bits per heavy atom. The highest BCUT2D eigenvalue weighted by Gasteiger charge is 2.13. The summed E-state index contributed by atoms with van der Waals surface area (Å²) < 4.78 is 5.05. The van der Waals surface area contributed by atoms with Crippen LogP contribution in [0.15, 0.2) is 18.2 Å². The molecule has 0 saturated heterocycles. The number of nitrogens with two attached hydrogens (primary N) is 1. The predicted octanol–water partition coefficient (Wildman–Crippen LogP) is 3.29. The van der Waals surface area contributed by atoms with Gasteiger partial charge in [-0.25, -0.2) is 4.79 Å². The number of benzene rings is 1. The summed E-state index contributed by atoms with van der Waals surface area (Å²) in [4.78, 5) is 11.9. The number of rotatable bonds is 7. The van der Waals surface area contributed by atoms with E-state index in [0.29, 0.717) is 23.8 Å². The highest BCUT2D eigenvalue weighted by molar-refractivity contribution is 5.96. The summed E-state index contributed by atoms with van der Waals surface area (Å²) >= 11 is 0. The fourth-order valence-corrected chi connectivity index (χ4v) is 1.93. The molecule has 106 valence electrons. The maximum atomic E-state index is 11.9. The van der Waals surface area contributed by atoms with Crippen molar-refractivity contribution in [2.24, 2.45) is 5.92 Å². The van der Waals surface area contributed by atoms with Gasteiger partial charge in [0.05, 0.1) is 12.2 Å². The zero-order valence-corrected chi connectivity index (χ0v) is 12.0. The minimum absolute atomic E-state index is 0.332. The van der Waals surface area contributed by atoms with Gasteiger partial charge in [0, 0.05) is 17.9 Å². The standard InChI is InChI=1S/C15H24N2O2/c1-4-11(5-2)10-17-14-8-7-12(16)9-13(14)15(18)19-6-3/h7-9,11,17H,4-6,10,16H2,1-3H3. The molecular weight excluding hydrogens is 240 g/mol. The molecule has 1 aromatic carbocycles. The van der Waals surface area contributed by atoms with Crippen molar-refractivity contribution >= 4 is 17.3 Å². The van der Waals surface area contributed by atoms with Gasteiger partial charge in [-0.15, -0.1) is 0 Å². The van der Waals surface area contributed by atoms with Gasteiger partial charge >= 0.3 is 5.97 Å². The van der Waals surface area contributed by atoms with E-state index in [1.165, 1.54) is 0 Å². The Balaban J connectivity index is 2.84. The van der Waals surface area contributed by atoms with E-state index in [4.69, 9.17) is 10.5 Å². The maximum absolute atomic E-state index is 11.9. The Morgan fingerprint density at radius 1 is 1.32 bits per heavy atom. The molecule has 1 rings (SSSR count). The van der Waals surface area contributed by atoms with Gasteiger partial charge in [-0.05, 0) is 31.0 Å². The minimum Gasteiger partial charge on any atom is -0.462 e. The van der Waals surface area contributed by atoms with E-state index >= 15 is 0 Å². The molecule has 0 fully saturated rings. The van der Waals surface area contributed by atoms with E-state index in [9.17, 15) is 4.79 Å². The van der Waals surface area contributed by atoms with Crippen LogP contribution in [-0.2, 0) is 4.74 Å². The van der Waals surface area contributed by atoms with Crippen LogP contribution in [0, 0.1) is 5.92 Å². The van der Waals surface area contributed by atoms with Crippen LogP contribution >= 0.6 is 0 Å². The fraction of sp³-hybridized carbons (Fsp3) is 0.533. The van der Waals surface area contributed by atoms with Gasteiger partial charge in [-0.3, -0.25) is 0 Å². The van der Waals surface area contributed by atoms with Crippen molar-refractivity contribution in [3.63, 3.8) is 0 Å². The van der Waals surface area contributed by atoms with Gasteiger partial charge in [-0.1, -0.05) is 26.7 Å². The van der Waals surface area contributed by atoms with Gasteiger partial charge in [0.1, 0.15) is 0 Å². The van der Waals surface area contributed by atoms with Crippen molar-refractivity contribution in [3.05, 3.63) is 23.8 Å². The normalized spacial score (nSPS) is 10.5. The number of hydrogen-bond acceptors (Lipinski definition) is 4. The Morgan fingerprint density at radius 3 is 2.58 bits per heavy atom. The molecule has 0 aromatic heterocycles. The Labute approximate surface area is 115 Å². The first-order valence-electron chi connectivity index (χ1n) is 6.92. The molecule has 0 atom stereocenters.